The van der Waals surface area contributed by atoms with Crippen molar-refractivity contribution in [3.63, 3.8) is 0 Å². The van der Waals surface area contributed by atoms with E-state index in [9.17, 15) is 26.8 Å². The van der Waals surface area contributed by atoms with Crippen LogP contribution < -0.4 is 14.9 Å². The molecule has 0 aliphatic carbocycles. The second kappa shape index (κ2) is 9.86. The van der Waals surface area contributed by atoms with E-state index in [2.05, 4.69) is 10.6 Å². The zero-order valence-electron chi connectivity index (χ0n) is 17.6. The summed E-state index contributed by atoms with van der Waals surface area (Å²) in [7, 11) is -4.02. The first-order valence-electron chi connectivity index (χ1n) is 9.54. The molecule has 10 heteroatoms. The molecule has 2 N–H and O–H groups in total. The van der Waals surface area contributed by atoms with E-state index in [1.165, 1.54) is 19.1 Å². The summed E-state index contributed by atoms with van der Waals surface area (Å²) in [6.45, 7) is 5.62. The Morgan fingerprint density at radius 2 is 1.68 bits per heavy atom. The van der Waals surface area contributed by atoms with E-state index in [0.717, 1.165) is 18.4 Å². The van der Waals surface area contributed by atoms with Crippen LogP contribution in [0.5, 0.6) is 0 Å². The Kier molecular flexibility index (Phi) is 7.72. The standard InChI is InChI=1S/C21H25F2N3O4S/c1-13(2)12-24-21(28)16-7-5-6-8-19(16)25-20(27)14(3)26(31(4,29)30)15-9-10-17(22)18(23)11-15/h5-11,13-14H,12H2,1-4H3,(H,24,28)(H,25,27). The van der Waals surface area contributed by atoms with E-state index in [-0.39, 0.29) is 22.9 Å². The first-order chi connectivity index (χ1) is 14.4. The Morgan fingerprint density at radius 3 is 2.26 bits per heavy atom. The fraction of sp³-hybridized carbons (Fsp3) is 0.333. The number of hydrogen-bond donors (Lipinski definition) is 2. The average Bonchev–Trinajstić information content (AvgIpc) is 2.68. The van der Waals surface area contributed by atoms with Gasteiger partial charge in [-0.3, -0.25) is 13.9 Å². The minimum atomic E-state index is -4.02. The van der Waals surface area contributed by atoms with Crippen molar-refractivity contribution in [1.29, 1.82) is 0 Å². The quantitative estimate of drug-likeness (QED) is 0.642. The van der Waals surface area contributed by atoms with E-state index in [0.29, 0.717) is 16.9 Å². The molecule has 0 radical (unpaired) electrons. The fourth-order valence-electron chi connectivity index (χ4n) is 2.85. The van der Waals surface area contributed by atoms with E-state index < -0.39 is 39.5 Å². The van der Waals surface area contributed by atoms with Crippen LogP contribution >= 0.6 is 0 Å². The topological polar surface area (TPSA) is 95.6 Å². The number of anilines is 2. The van der Waals surface area contributed by atoms with Gasteiger partial charge in [0.15, 0.2) is 11.6 Å². The summed E-state index contributed by atoms with van der Waals surface area (Å²) in [4.78, 5) is 25.3. The Morgan fingerprint density at radius 1 is 1.03 bits per heavy atom. The van der Waals surface area contributed by atoms with Crippen LogP contribution in [0, 0.1) is 17.6 Å². The largest absolute Gasteiger partial charge is 0.352 e. The SMILES string of the molecule is CC(C)CNC(=O)c1ccccc1NC(=O)C(C)N(c1ccc(F)c(F)c1)S(C)(=O)=O. The van der Waals surface area contributed by atoms with Crippen LogP contribution in [0.1, 0.15) is 31.1 Å². The van der Waals surface area contributed by atoms with Gasteiger partial charge < -0.3 is 10.6 Å². The molecule has 0 heterocycles. The van der Waals surface area contributed by atoms with Crippen LogP contribution in [0.15, 0.2) is 42.5 Å². The van der Waals surface area contributed by atoms with Crippen molar-refractivity contribution < 1.29 is 26.8 Å². The molecule has 31 heavy (non-hydrogen) atoms. The molecule has 0 aromatic heterocycles. The maximum absolute atomic E-state index is 13.7. The van der Waals surface area contributed by atoms with Crippen molar-refractivity contribution in [2.24, 2.45) is 5.92 Å². The molecular formula is C21H25F2N3O4S. The van der Waals surface area contributed by atoms with E-state index >= 15 is 0 Å². The van der Waals surface area contributed by atoms with Gasteiger partial charge in [-0.05, 0) is 37.1 Å². The van der Waals surface area contributed by atoms with Gasteiger partial charge in [-0.25, -0.2) is 17.2 Å². The van der Waals surface area contributed by atoms with Gasteiger partial charge in [0.1, 0.15) is 6.04 Å². The maximum atomic E-state index is 13.7. The minimum absolute atomic E-state index is 0.194. The monoisotopic (exact) mass is 453 g/mol. The highest BCUT2D eigenvalue weighted by Gasteiger charge is 2.30. The highest BCUT2D eigenvalue weighted by atomic mass is 32.2. The molecule has 0 saturated heterocycles. The zero-order chi connectivity index (χ0) is 23.3. The Hall–Kier alpha value is -3.01. The number of carbonyl (C=O) groups excluding carboxylic acids is 2. The summed E-state index contributed by atoms with van der Waals surface area (Å²) in [5, 5.41) is 5.31. The van der Waals surface area contributed by atoms with Crippen molar-refractivity contribution in [1.82, 2.24) is 5.32 Å². The fourth-order valence-corrected chi connectivity index (χ4v) is 4.02. The maximum Gasteiger partial charge on any atom is 0.253 e. The van der Waals surface area contributed by atoms with Gasteiger partial charge in [0.2, 0.25) is 15.9 Å². The lowest BCUT2D eigenvalue weighted by atomic mass is 10.1. The number of halogens is 2. The average molecular weight is 454 g/mol. The summed E-state index contributed by atoms with van der Waals surface area (Å²) in [6, 6.07) is 7.52. The molecular weight excluding hydrogens is 428 g/mol. The van der Waals surface area contributed by atoms with E-state index in [1.54, 1.807) is 12.1 Å². The van der Waals surface area contributed by atoms with Crippen molar-refractivity contribution in [3.05, 3.63) is 59.7 Å². The normalized spacial score (nSPS) is 12.4. The molecule has 0 aliphatic heterocycles. The van der Waals surface area contributed by atoms with Crippen LogP contribution in [0.3, 0.4) is 0 Å². The number of carbonyl (C=O) groups is 2. The van der Waals surface area contributed by atoms with Crippen LogP contribution in [-0.4, -0.2) is 39.1 Å². The molecule has 0 bridgehead atoms. The Balaban J connectivity index is 2.31. The molecule has 0 saturated carbocycles. The third kappa shape index (κ3) is 6.24. The lowest BCUT2D eigenvalue weighted by Crippen LogP contribution is -2.45. The van der Waals surface area contributed by atoms with Crippen molar-refractivity contribution >= 4 is 33.2 Å². The van der Waals surface area contributed by atoms with Gasteiger partial charge in [0.05, 0.1) is 23.2 Å². The third-order valence-electron chi connectivity index (χ3n) is 4.35. The molecule has 0 spiro atoms. The van der Waals surface area contributed by atoms with Gasteiger partial charge in [-0.15, -0.1) is 0 Å². The van der Waals surface area contributed by atoms with Gasteiger partial charge in [-0.1, -0.05) is 26.0 Å². The van der Waals surface area contributed by atoms with Gasteiger partial charge in [0.25, 0.3) is 5.91 Å². The van der Waals surface area contributed by atoms with Crippen molar-refractivity contribution in [3.8, 4) is 0 Å². The lowest BCUT2D eigenvalue weighted by molar-refractivity contribution is -0.116. The van der Waals surface area contributed by atoms with Crippen LogP contribution in [0.4, 0.5) is 20.2 Å². The molecule has 2 rings (SSSR count). The molecule has 2 aromatic carbocycles. The molecule has 168 valence electrons. The van der Waals surface area contributed by atoms with Gasteiger partial charge in [-0.2, -0.15) is 0 Å². The summed E-state index contributed by atoms with van der Waals surface area (Å²) in [5.74, 6) is -3.30. The predicted molar refractivity (Wildman–Crippen MR) is 115 cm³/mol. The van der Waals surface area contributed by atoms with Gasteiger partial charge in [0, 0.05) is 12.6 Å². The number of nitrogens with one attached hydrogen (secondary N) is 2. The second-order valence-corrected chi connectivity index (χ2v) is 9.33. The third-order valence-corrected chi connectivity index (χ3v) is 5.59. The van der Waals surface area contributed by atoms with Crippen molar-refractivity contribution in [2.75, 3.05) is 22.4 Å². The molecule has 7 nitrogen and oxygen atoms in total. The molecule has 2 aromatic rings. The van der Waals surface area contributed by atoms with E-state index in [1.807, 2.05) is 13.8 Å². The molecule has 1 atom stereocenters. The number of sulfonamides is 1. The van der Waals surface area contributed by atoms with Crippen LogP contribution in [0.2, 0.25) is 0 Å². The van der Waals surface area contributed by atoms with Crippen LogP contribution in [0.25, 0.3) is 0 Å². The number of nitrogens with zero attached hydrogens (tertiary/aromatic N) is 1. The second-order valence-electron chi connectivity index (χ2n) is 7.47. The first kappa shape index (κ1) is 24.3. The number of rotatable bonds is 8. The summed E-state index contributed by atoms with van der Waals surface area (Å²) in [5.41, 5.74) is 0.203. The zero-order valence-corrected chi connectivity index (χ0v) is 18.5. The van der Waals surface area contributed by atoms with Crippen LogP contribution in [-0.2, 0) is 14.8 Å². The highest BCUT2D eigenvalue weighted by molar-refractivity contribution is 7.92. The Bertz CT molecular complexity index is 1070. The number of amides is 2. The number of para-hydroxylation sites is 1. The highest BCUT2D eigenvalue weighted by Crippen LogP contribution is 2.24. The summed E-state index contributed by atoms with van der Waals surface area (Å²) in [6.07, 6.45) is 0.853. The van der Waals surface area contributed by atoms with Gasteiger partial charge >= 0.3 is 0 Å². The number of benzene rings is 2. The molecule has 1 unspecified atom stereocenters. The van der Waals surface area contributed by atoms with Crippen molar-refractivity contribution in [2.45, 2.75) is 26.8 Å². The smallest absolute Gasteiger partial charge is 0.253 e. The minimum Gasteiger partial charge on any atom is -0.352 e. The predicted octanol–water partition coefficient (Wildman–Crippen LogP) is 3.14. The lowest BCUT2D eigenvalue weighted by Gasteiger charge is -2.28. The molecule has 0 fully saturated rings. The van der Waals surface area contributed by atoms with E-state index in [4.69, 9.17) is 0 Å². The molecule has 2 amide bonds. The Labute approximate surface area is 180 Å². The summed E-state index contributed by atoms with van der Waals surface area (Å²) < 4.78 is 52.3. The number of hydrogen-bond acceptors (Lipinski definition) is 4. The molecule has 0 aliphatic rings. The summed E-state index contributed by atoms with van der Waals surface area (Å²) >= 11 is 0. The first-order valence-corrected chi connectivity index (χ1v) is 11.4.